The van der Waals surface area contributed by atoms with E-state index in [2.05, 4.69) is 4.85 Å². The molecule has 0 aliphatic carbocycles. The van der Waals surface area contributed by atoms with Gasteiger partial charge in [0.1, 0.15) is 23.9 Å². The minimum Gasteiger partial charge on any atom is -0.462 e. The van der Waals surface area contributed by atoms with Crippen LogP contribution in [0.25, 0.3) is 39.3 Å². The Morgan fingerprint density at radius 2 is 1.11 bits per heavy atom. The molecule has 0 bridgehead atoms. The van der Waals surface area contributed by atoms with Crippen molar-refractivity contribution < 1.29 is 28.5 Å². The number of rotatable bonds is 8. The lowest BCUT2D eigenvalue weighted by Gasteiger charge is -2.17. The largest absolute Gasteiger partial charge is 0.462 e. The highest BCUT2D eigenvalue weighted by molar-refractivity contribution is 5.98. The third kappa shape index (κ3) is 6.80. The van der Waals surface area contributed by atoms with Gasteiger partial charge >= 0.3 is 11.9 Å². The Balaban J connectivity index is 1.05. The molecule has 2 aliphatic rings. The van der Waals surface area contributed by atoms with Crippen molar-refractivity contribution in [2.24, 2.45) is 0 Å². The van der Waals surface area contributed by atoms with Gasteiger partial charge in [-0.3, -0.25) is 4.79 Å². The summed E-state index contributed by atoms with van der Waals surface area (Å²) in [6, 6.07) is 36.7. The van der Waals surface area contributed by atoms with Crippen LogP contribution in [0.2, 0.25) is 0 Å². The molecule has 4 atom stereocenters. The first-order valence-electron chi connectivity index (χ1n) is 14.7. The summed E-state index contributed by atoms with van der Waals surface area (Å²) in [6.07, 6.45) is -0.00425. The first kappa shape index (κ1) is 30.2. The summed E-state index contributed by atoms with van der Waals surface area (Å²) in [7, 11) is 0. The van der Waals surface area contributed by atoms with E-state index in [0.717, 1.165) is 22.3 Å². The number of nitrogens with zero attached hydrogens (tertiary/aromatic N) is 2. The van der Waals surface area contributed by atoms with E-state index >= 15 is 0 Å². The number of hydrogen-bond acceptors (Lipinski definition) is 7. The number of benzene rings is 4. The van der Waals surface area contributed by atoms with Crippen LogP contribution < -0.4 is 0 Å². The average molecular weight is 609 g/mol. The molecule has 8 heteroatoms. The smallest absolute Gasteiger partial charge is 0.349 e. The third-order valence-electron chi connectivity index (χ3n) is 7.80. The Bertz CT molecular complexity index is 1710. The molecule has 0 amide bonds. The highest BCUT2D eigenvalue weighted by atomic mass is 16.7. The lowest BCUT2D eigenvalue weighted by Crippen LogP contribution is -2.36. The Morgan fingerprint density at radius 3 is 1.57 bits per heavy atom. The number of ether oxygens (including phenoxy) is 4. The zero-order valence-corrected chi connectivity index (χ0v) is 24.6. The summed E-state index contributed by atoms with van der Waals surface area (Å²) in [6.45, 7) is 7.57. The van der Waals surface area contributed by atoms with Gasteiger partial charge in [0.15, 0.2) is 12.2 Å². The standard InChI is InChI=1S/C38H28N2O6/c1-40-32(21-26-14-18-30(19-15-26)28-10-6-3-7-11-28)38(42)46-34-24-44-35-33(23-43-36(34)35)45-37(41)31(22-39)20-25-12-16-29(17-13-25)27-8-4-2-5-9-27/h2-21,33-36H,23-24H2/b31-20+,32-21-/t33-,34+,35+,36+/m0/s1. The number of carbonyl (C=O) groups is 2. The summed E-state index contributed by atoms with van der Waals surface area (Å²) < 4.78 is 22.8. The van der Waals surface area contributed by atoms with Gasteiger partial charge in [-0.15, -0.1) is 0 Å². The van der Waals surface area contributed by atoms with Crippen LogP contribution in [-0.2, 0) is 28.5 Å². The van der Waals surface area contributed by atoms with Crippen LogP contribution in [0.5, 0.6) is 0 Å². The van der Waals surface area contributed by atoms with Crippen LogP contribution in [0, 0.1) is 17.9 Å². The molecule has 6 rings (SSSR count). The molecule has 0 unspecified atom stereocenters. The highest BCUT2D eigenvalue weighted by Crippen LogP contribution is 2.32. The number of carbonyl (C=O) groups excluding carboxylic acids is 2. The SMILES string of the molecule is [C-]#[N+]/C(=C\c1ccc(-c2ccccc2)cc1)C(=O)O[C@@H]1CO[C@H]2[C@@H]1OC[C@@H]2OC(=O)/C(C#N)=C/c1ccc(-c2ccccc2)cc1. The van der Waals surface area contributed by atoms with Crippen molar-refractivity contribution >= 4 is 24.1 Å². The number of esters is 2. The molecule has 8 nitrogen and oxygen atoms in total. The van der Waals surface area contributed by atoms with Crippen molar-refractivity contribution in [3.8, 4) is 28.3 Å². The van der Waals surface area contributed by atoms with Gasteiger partial charge in [-0.25, -0.2) is 9.64 Å². The average Bonchev–Trinajstić information content (AvgIpc) is 3.70. The minimum atomic E-state index is -0.801. The van der Waals surface area contributed by atoms with E-state index in [1.54, 1.807) is 0 Å². The summed E-state index contributed by atoms with van der Waals surface area (Å²) >= 11 is 0. The molecule has 0 aromatic heterocycles. The quantitative estimate of drug-likeness (QED) is 0.0974. The predicted molar refractivity (Wildman–Crippen MR) is 171 cm³/mol. The van der Waals surface area contributed by atoms with E-state index in [9.17, 15) is 14.9 Å². The molecular formula is C38H28N2O6. The monoisotopic (exact) mass is 608 g/mol. The van der Waals surface area contributed by atoms with Crippen LogP contribution in [0.4, 0.5) is 0 Å². The Morgan fingerprint density at radius 1 is 0.674 bits per heavy atom. The number of hydrogen-bond donors (Lipinski definition) is 0. The second kappa shape index (κ2) is 13.9. The maximum atomic E-state index is 12.9. The molecule has 2 fully saturated rings. The van der Waals surface area contributed by atoms with Gasteiger partial charge in [0.05, 0.1) is 19.8 Å². The fourth-order valence-corrected chi connectivity index (χ4v) is 5.43. The summed E-state index contributed by atoms with van der Waals surface area (Å²) in [4.78, 5) is 29.2. The van der Waals surface area contributed by atoms with Gasteiger partial charge in [-0.2, -0.15) is 5.26 Å². The lowest BCUT2D eigenvalue weighted by atomic mass is 10.0. The first-order valence-corrected chi connectivity index (χ1v) is 14.7. The van der Waals surface area contributed by atoms with E-state index < -0.39 is 36.4 Å². The minimum absolute atomic E-state index is 0.0128. The molecule has 4 aromatic carbocycles. The van der Waals surface area contributed by atoms with Crippen LogP contribution >= 0.6 is 0 Å². The van der Waals surface area contributed by atoms with Gasteiger partial charge in [0, 0.05) is 0 Å². The van der Waals surface area contributed by atoms with Crippen molar-refractivity contribution in [2.75, 3.05) is 13.2 Å². The fraction of sp³-hybridized carbons (Fsp3) is 0.158. The molecule has 2 heterocycles. The maximum Gasteiger partial charge on any atom is 0.349 e. The fourth-order valence-electron chi connectivity index (χ4n) is 5.43. The molecular weight excluding hydrogens is 580 g/mol. The van der Waals surface area contributed by atoms with Gasteiger partial charge in [0.2, 0.25) is 0 Å². The van der Waals surface area contributed by atoms with E-state index in [1.165, 1.54) is 12.2 Å². The Labute approximate surface area is 266 Å². The van der Waals surface area contributed by atoms with Crippen molar-refractivity contribution in [3.63, 3.8) is 0 Å². The second-order valence-electron chi connectivity index (χ2n) is 10.8. The maximum absolute atomic E-state index is 12.9. The van der Waals surface area contributed by atoms with E-state index in [4.69, 9.17) is 25.5 Å². The molecule has 0 saturated carbocycles. The molecule has 0 N–H and O–H groups in total. The van der Waals surface area contributed by atoms with Crippen molar-refractivity contribution in [1.82, 2.24) is 0 Å². The second-order valence-corrected chi connectivity index (χ2v) is 10.8. The van der Waals surface area contributed by atoms with Gasteiger partial charge in [-0.1, -0.05) is 109 Å². The van der Waals surface area contributed by atoms with Crippen molar-refractivity contribution in [2.45, 2.75) is 24.4 Å². The van der Waals surface area contributed by atoms with E-state index in [1.807, 2.05) is 115 Å². The zero-order chi connectivity index (χ0) is 31.9. The molecule has 2 aliphatic heterocycles. The lowest BCUT2D eigenvalue weighted by molar-refractivity contribution is -0.150. The number of nitriles is 1. The topological polar surface area (TPSA) is 99.2 Å². The van der Waals surface area contributed by atoms with E-state index in [-0.39, 0.29) is 24.5 Å². The first-order chi connectivity index (χ1) is 22.5. The normalized spacial score (nSPS) is 20.7. The molecule has 0 spiro atoms. The van der Waals surface area contributed by atoms with Gasteiger partial charge in [-0.05, 0) is 45.5 Å². The summed E-state index contributed by atoms with van der Waals surface area (Å²) in [5.41, 5.74) is 5.16. The molecule has 4 aromatic rings. The van der Waals surface area contributed by atoms with Crippen LogP contribution in [0.15, 0.2) is 120 Å². The van der Waals surface area contributed by atoms with Crippen molar-refractivity contribution in [3.05, 3.63) is 143 Å². The van der Waals surface area contributed by atoms with Crippen LogP contribution in [0.1, 0.15) is 11.1 Å². The molecule has 226 valence electrons. The van der Waals surface area contributed by atoms with Crippen LogP contribution in [0.3, 0.4) is 0 Å². The van der Waals surface area contributed by atoms with Crippen LogP contribution in [-0.4, -0.2) is 49.6 Å². The summed E-state index contributed by atoms with van der Waals surface area (Å²) in [5, 5.41) is 9.67. The van der Waals surface area contributed by atoms with Gasteiger partial charge in [0.25, 0.3) is 5.70 Å². The predicted octanol–water partition coefficient (Wildman–Crippen LogP) is 6.51. The molecule has 0 radical (unpaired) electrons. The molecule has 46 heavy (non-hydrogen) atoms. The Kier molecular flexibility index (Phi) is 9.12. The van der Waals surface area contributed by atoms with Crippen molar-refractivity contribution in [1.29, 1.82) is 5.26 Å². The van der Waals surface area contributed by atoms with Gasteiger partial charge < -0.3 is 18.9 Å². The summed E-state index contributed by atoms with van der Waals surface area (Å²) in [5.74, 6) is -1.60. The molecule has 2 saturated heterocycles. The number of fused-ring (bicyclic) bond motifs is 1. The highest BCUT2D eigenvalue weighted by Gasteiger charge is 2.51. The Hall–Kier alpha value is -5.80. The van der Waals surface area contributed by atoms with E-state index in [0.29, 0.717) is 11.1 Å². The third-order valence-corrected chi connectivity index (χ3v) is 7.80. The zero-order valence-electron chi connectivity index (χ0n) is 24.6.